The Kier molecular flexibility index (Phi) is 3.29. The minimum Gasteiger partial charge on any atom is -0.477 e. The maximum Gasteiger partial charge on any atom is 0.354 e. The van der Waals surface area contributed by atoms with Crippen LogP contribution in [0.25, 0.3) is 0 Å². The van der Waals surface area contributed by atoms with Crippen LogP contribution in [0.3, 0.4) is 0 Å². The van der Waals surface area contributed by atoms with Crippen molar-refractivity contribution in [3.63, 3.8) is 0 Å². The van der Waals surface area contributed by atoms with Crippen molar-refractivity contribution in [1.82, 2.24) is 4.98 Å². The molecule has 21 heavy (non-hydrogen) atoms. The summed E-state index contributed by atoms with van der Waals surface area (Å²) in [7, 11) is 1.38. The van der Waals surface area contributed by atoms with Crippen molar-refractivity contribution in [2.75, 3.05) is 38.3 Å². The molecule has 3 rings (SSSR count). The minimum absolute atomic E-state index is 0.00655. The SMILES string of the molecule is COC(=O)[C@@]12COC[C@@H]1CN(c1ccnc(C(=O)O)c1)C2. The summed E-state index contributed by atoms with van der Waals surface area (Å²) in [6.45, 7) is 1.96. The van der Waals surface area contributed by atoms with Crippen molar-refractivity contribution in [2.24, 2.45) is 11.3 Å². The van der Waals surface area contributed by atoms with E-state index in [0.29, 0.717) is 26.3 Å². The van der Waals surface area contributed by atoms with Crippen LogP contribution in [-0.2, 0) is 14.3 Å². The van der Waals surface area contributed by atoms with E-state index < -0.39 is 11.4 Å². The first-order valence-corrected chi connectivity index (χ1v) is 6.67. The lowest BCUT2D eigenvalue weighted by molar-refractivity contribution is -0.152. The van der Waals surface area contributed by atoms with E-state index >= 15 is 0 Å². The highest BCUT2D eigenvalue weighted by atomic mass is 16.5. The van der Waals surface area contributed by atoms with Gasteiger partial charge >= 0.3 is 11.9 Å². The Morgan fingerprint density at radius 3 is 3.10 bits per heavy atom. The van der Waals surface area contributed by atoms with Gasteiger partial charge in [0.1, 0.15) is 11.1 Å². The molecule has 7 heteroatoms. The van der Waals surface area contributed by atoms with Gasteiger partial charge in [-0.05, 0) is 12.1 Å². The predicted molar refractivity (Wildman–Crippen MR) is 72.2 cm³/mol. The van der Waals surface area contributed by atoms with E-state index in [2.05, 4.69) is 4.98 Å². The zero-order chi connectivity index (χ0) is 15.0. The van der Waals surface area contributed by atoms with Crippen LogP contribution in [0.4, 0.5) is 5.69 Å². The summed E-state index contributed by atoms with van der Waals surface area (Å²) in [5.74, 6) is -1.27. The van der Waals surface area contributed by atoms with Crippen LogP contribution in [0, 0.1) is 11.3 Å². The molecule has 1 aromatic rings. The van der Waals surface area contributed by atoms with Crippen molar-refractivity contribution in [1.29, 1.82) is 0 Å². The molecule has 0 amide bonds. The molecule has 0 bridgehead atoms. The van der Waals surface area contributed by atoms with Crippen LogP contribution in [0.1, 0.15) is 10.5 Å². The third-order valence-corrected chi connectivity index (χ3v) is 4.29. The molecular weight excluding hydrogens is 276 g/mol. The molecule has 0 unspecified atom stereocenters. The fourth-order valence-electron chi connectivity index (χ4n) is 3.16. The summed E-state index contributed by atoms with van der Waals surface area (Å²) < 4.78 is 10.4. The van der Waals surface area contributed by atoms with Crippen molar-refractivity contribution in [2.45, 2.75) is 0 Å². The molecule has 0 aromatic carbocycles. The van der Waals surface area contributed by atoms with Crippen LogP contribution >= 0.6 is 0 Å². The Morgan fingerprint density at radius 1 is 1.57 bits per heavy atom. The number of esters is 1. The maximum absolute atomic E-state index is 12.1. The van der Waals surface area contributed by atoms with E-state index in [0.717, 1.165) is 5.69 Å². The number of aromatic nitrogens is 1. The number of rotatable bonds is 3. The van der Waals surface area contributed by atoms with Gasteiger partial charge in [-0.25, -0.2) is 9.78 Å². The number of carboxylic acids is 1. The highest BCUT2D eigenvalue weighted by Gasteiger charge is 2.56. The fraction of sp³-hybridized carbons (Fsp3) is 0.500. The van der Waals surface area contributed by atoms with Crippen LogP contribution in [0.2, 0.25) is 0 Å². The zero-order valence-electron chi connectivity index (χ0n) is 11.6. The minimum atomic E-state index is -1.07. The molecule has 2 atom stereocenters. The predicted octanol–water partition coefficient (Wildman–Crippen LogP) is 0.406. The molecule has 7 nitrogen and oxygen atoms in total. The van der Waals surface area contributed by atoms with Gasteiger partial charge in [-0.1, -0.05) is 0 Å². The summed E-state index contributed by atoms with van der Waals surface area (Å²) in [6.07, 6.45) is 1.47. The number of aromatic carboxylic acids is 1. The first-order chi connectivity index (χ1) is 10.1. The summed E-state index contributed by atoms with van der Waals surface area (Å²) >= 11 is 0. The number of carboxylic acid groups (broad SMARTS) is 1. The van der Waals surface area contributed by atoms with Crippen LogP contribution < -0.4 is 4.90 Å². The van der Waals surface area contributed by atoms with Crippen molar-refractivity contribution in [3.8, 4) is 0 Å². The largest absolute Gasteiger partial charge is 0.477 e. The number of ether oxygens (including phenoxy) is 2. The van der Waals surface area contributed by atoms with Crippen molar-refractivity contribution >= 4 is 17.6 Å². The lowest BCUT2D eigenvalue weighted by Gasteiger charge is -2.24. The second-order valence-corrected chi connectivity index (χ2v) is 5.44. The molecule has 112 valence electrons. The fourth-order valence-corrected chi connectivity index (χ4v) is 3.16. The standard InChI is InChI=1S/C14H16N2O5/c1-20-13(19)14-7-16(5-9(14)6-21-8-14)10-2-3-15-11(4-10)12(17)18/h2-4,9H,5-8H2,1H3,(H,17,18)/t9-,14-/m0/s1. The third-order valence-electron chi connectivity index (χ3n) is 4.29. The first kappa shape index (κ1) is 13.8. The Bertz CT molecular complexity index is 590. The zero-order valence-corrected chi connectivity index (χ0v) is 11.6. The van der Waals surface area contributed by atoms with Gasteiger partial charge in [0.15, 0.2) is 0 Å². The maximum atomic E-state index is 12.1. The highest BCUT2D eigenvalue weighted by molar-refractivity contribution is 5.86. The molecular formula is C14H16N2O5. The van der Waals surface area contributed by atoms with Gasteiger partial charge in [0, 0.05) is 30.9 Å². The molecule has 2 saturated heterocycles. The molecule has 2 aliphatic heterocycles. The number of fused-ring (bicyclic) bond motifs is 1. The van der Waals surface area contributed by atoms with Crippen molar-refractivity contribution in [3.05, 3.63) is 24.0 Å². The van der Waals surface area contributed by atoms with Crippen LogP contribution in [0.15, 0.2) is 18.3 Å². The molecule has 0 aliphatic carbocycles. The molecule has 0 radical (unpaired) electrons. The quantitative estimate of drug-likeness (QED) is 0.807. The summed E-state index contributed by atoms with van der Waals surface area (Å²) in [6, 6.07) is 3.27. The molecule has 0 saturated carbocycles. The molecule has 2 fully saturated rings. The normalized spacial score (nSPS) is 27.5. The van der Waals surface area contributed by atoms with Gasteiger partial charge in [-0.15, -0.1) is 0 Å². The summed E-state index contributed by atoms with van der Waals surface area (Å²) in [4.78, 5) is 28.9. The van der Waals surface area contributed by atoms with E-state index in [-0.39, 0.29) is 17.6 Å². The van der Waals surface area contributed by atoms with Crippen LogP contribution in [0.5, 0.6) is 0 Å². The topological polar surface area (TPSA) is 89.0 Å². The molecule has 1 aromatic heterocycles. The molecule has 0 spiro atoms. The number of carbonyl (C=O) groups excluding carboxylic acids is 1. The highest BCUT2D eigenvalue weighted by Crippen LogP contribution is 2.43. The Hall–Kier alpha value is -2.15. The number of nitrogens with zero attached hydrogens (tertiary/aromatic N) is 2. The van der Waals surface area contributed by atoms with Gasteiger partial charge < -0.3 is 19.5 Å². The number of hydrogen-bond acceptors (Lipinski definition) is 6. The second kappa shape index (κ2) is 5.00. The smallest absolute Gasteiger partial charge is 0.354 e. The lowest BCUT2D eigenvalue weighted by atomic mass is 9.81. The number of methoxy groups -OCH3 is 1. The van der Waals surface area contributed by atoms with E-state index in [4.69, 9.17) is 14.6 Å². The number of hydrogen-bond donors (Lipinski definition) is 1. The second-order valence-electron chi connectivity index (χ2n) is 5.44. The number of anilines is 1. The van der Waals surface area contributed by atoms with E-state index in [1.165, 1.54) is 19.4 Å². The van der Waals surface area contributed by atoms with Gasteiger partial charge in [0.2, 0.25) is 0 Å². The Labute approximate surface area is 121 Å². The average Bonchev–Trinajstić information content (AvgIpc) is 3.04. The van der Waals surface area contributed by atoms with Gasteiger partial charge in [-0.2, -0.15) is 0 Å². The Morgan fingerprint density at radius 2 is 2.38 bits per heavy atom. The average molecular weight is 292 g/mol. The van der Waals surface area contributed by atoms with E-state index in [1.54, 1.807) is 6.07 Å². The molecule has 2 aliphatic rings. The van der Waals surface area contributed by atoms with E-state index in [9.17, 15) is 9.59 Å². The summed E-state index contributed by atoms with van der Waals surface area (Å²) in [5, 5.41) is 9.02. The van der Waals surface area contributed by atoms with Crippen molar-refractivity contribution < 1.29 is 24.2 Å². The first-order valence-electron chi connectivity index (χ1n) is 6.67. The van der Waals surface area contributed by atoms with Gasteiger partial charge in [0.25, 0.3) is 0 Å². The molecule has 3 heterocycles. The Balaban J connectivity index is 1.88. The number of carbonyl (C=O) groups is 2. The monoisotopic (exact) mass is 292 g/mol. The summed E-state index contributed by atoms with van der Waals surface area (Å²) in [5.41, 5.74) is 0.0921. The van der Waals surface area contributed by atoms with Gasteiger partial charge in [-0.3, -0.25) is 4.79 Å². The van der Waals surface area contributed by atoms with Crippen LogP contribution in [-0.4, -0.2) is 55.4 Å². The lowest BCUT2D eigenvalue weighted by Crippen LogP contribution is -2.40. The van der Waals surface area contributed by atoms with E-state index in [1.807, 2.05) is 4.90 Å². The molecule has 1 N–H and O–H groups in total. The third kappa shape index (κ3) is 2.13. The van der Waals surface area contributed by atoms with Gasteiger partial charge in [0.05, 0.1) is 20.3 Å². The number of pyridine rings is 1.